The second kappa shape index (κ2) is 7.44. The summed E-state index contributed by atoms with van der Waals surface area (Å²) in [6.07, 6.45) is 5.53. The third-order valence-electron chi connectivity index (χ3n) is 3.09. The minimum atomic E-state index is -0.210. The predicted octanol–water partition coefficient (Wildman–Crippen LogP) is 1.69. The van der Waals surface area contributed by atoms with Crippen LogP contribution in [0.25, 0.3) is 11.5 Å². The average Bonchev–Trinajstić information content (AvgIpc) is 2.56. The van der Waals surface area contributed by atoms with Gasteiger partial charge in [0, 0.05) is 32.2 Å². The number of hydrogen-bond donors (Lipinski definition) is 1. The molecular formula is C15H18N4O2. The van der Waals surface area contributed by atoms with Crippen LogP contribution >= 0.6 is 0 Å². The maximum Gasteiger partial charge on any atom is 0.254 e. The van der Waals surface area contributed by atoms with Crippen LogP contribution in [0.5, 0.6) is 0 Å². The van der Waals surface area contributed by atoms with Gasteiger partial charge in [-0.1, -0.05) is 13.0 Å². The molecule has 0 bridgehead atoms. The van der Waals surface area contributed by atoms with E-state index in [0.717, 1.165) is 6.42 Å². The molecule has 6 nitrogen and oxygen atoms in total. The Morgan fingerprint density at radius 2 is 2.05 bits per heavy atom. The number of rotatable bonds is 6. The summed E-state index contributed by atoms with van der Waals surface area (Å²) in [5.41, 5.74) is 1.09. The number of hydrogen-bond acceptors (Lipinski definition) is 5. The zero-order valence-corrected chi connectivity index (χ0v) is 12.1. The summed E-state index contributed by atoms with van der Waals surface area (Å²) in [4.78, 5) is 24.5. The molecule has 2 aromatic heterocycles. The summed E-state index contributed by atoms with van der Waals surface area (Å²) in [5.74, 6) is 0.286. The first kappa shape index (κ1) is 15.1. The number of carbonyl (C=O) groups excluding carboxylic acids is 1. The zero-order chi connectivity index (χ0) is 15.1. The molecule has 1 amide bonds. The molecule has 2 aromatic rings. The smallest absolute Gasteiger partial charge is 0.254 e. The topological polar surface area (TPSA) is 77.0 Å². The van der Waals surface area contributed by atoms with E-state index in [-0.39, 0.29) is 12.0 Å². The Kier molecular flexibility index (Phi) is 5.34. The Labute approximate surface area is 123 Å². The molecule has 1 unspecified atom stereocenters. The highest BCUT2D eigenvalue weighted by Gasteiger charge is 2.11. The van der Waals surface area contributed by atoms with Gasteiger partial charge in [-0.3, -0.25) is 9.78 Å². The maximum absolute atomic E-state index is 12.0. The summed E-state index contributed by atoms with van der Waals surface area (Å²) < 4.78 is 5.21. The van der Waals surface area contributed by atoms with Gasteiger partial charge < -0.3 is 10.1 Å². The highest BCUT2D eigenvalue weighted by atomic mass is 16.5. The minimum Gasteiger partial charge on any atom is -0.380 e. The van der Waals surface area contributed by atoms with Crippen LogP contribution in [0, 0.1) is 0 Å². The molecule has 110 valence electrons. The fraction of sp³-hybridized carbons (Fsp3) is 0.333. The first-order chi connectivity index (χ1) is 10.2. The van der Waals surface area contributed by atoms with Crippen LogP contribution in [0.2, 0.25) is 0 Å². The lowest BCUT2D eigenvalue weighted by Gasteiger charge is -2.13. The summed E-state index contributed by atoms with van der Waals surface area (Å²) in [6, 6.07) is 5.51. The van der Waals surface area contributed by atoms with Crippen LogP contribution < -0.4 is 5.32 Å². The highest BCUT2D eigenvalue weighted by Crippen LogP contribution is 2.10. The summed E-state index contributed by atoms with van der Waals surface area (Å²) in [6.45, 7) is 2.47. The third kappa shape index (κ3) is 4.06. The van der Waals surface area contributed by atoms with Gasteiger partial charge in [0.1, 0.15) is 5.69 Å². The Morgan fingerprint density at radius 1 is 1.29 bits per heavy atom. The van der Waals surface area contributed by atoms with Gasteiger partial charge in [-0.2, -0.15) is 0 Å². The van der Waals surface area contributed by atoms with Crippen LogP contribution in [0.15, 0.2) is 36.8 Å². The standard InChI is InChI=1S/C15H18N4O2/c1-3-12(21-2)10-19-15(20)11-8-17-14(18-9-11)13-6-4-5-7-16-13/h4-9,12H,3,10H2,1-2H3,(H,19,20). The van der Waals surface area contributed by atoms with E-state index in [9.17, 15) is 4.79 Å². The number of methoxy groups -OCH3 is 1. The summed E-state index contributed by atoms with van der Waals surface area (Å²) in [5, 5.41) is 2.80. The van der Waals surface area contributed by atoms with Crippen LogP contribution in [-0.2, 0) is 4.74 Å². The maximum atomic E-state index is 12.0. The van der Waals surface area contributed by atoms with Crippen LogP contribution in [0.3, 0.4) is 0 Å². The summed E-state index contributed by atoms with van der Waals surface area (Å²) >= 11 is 0. The average molecular weight is 286 g/mol. The molecule has 1 N–H and O–H groups in total. The molecule has 0 radical (unpaired) electrons. The zero-order valence-electron chi connectivity index (χ0n) is 12.1. The molecule has 6 heteroatoms. The molecule has 1 atom stereocenters. The predicted molar refractivity (Wildman–Crippen MR) is 78.7 cm³/mol. The molecule has 0 aliphatic carbocycles. The van der Waals surface area contributed by atoms with E-state index in [2.05, 4.69) is 20.3 Å². The van der Waals surface area contributed by atoms with Gasteiger partial charge in [0.2, 0.25) is 0 Å². The SMILES string of the molecule is CCC(CNC(=O)c1cnc(-c2ccccn2)nc1)OC. The number of nitrogens with zero attached hydrogens (tertiary/aromatic N) is 3. The van der Waals surface area contributed by atoms with E-state index in [0.29, 0.717) is 23.6 Å². The molecule has 0 spiro atoms. The lowest BCUT2D eigenvalue weighted by atomic mass is 10.2. The Hall–Kier alpha value is -2.34. The number of aromatic nitrogens is 3. The molecule has 0 saturated heterocycles. The second-order valence-corrected chi connectivity index (χ2v) is 4.49. The largest absolute Gasteiger partial charge is 0.380 e. The van der Waals surface area contributed by atoms with Gasteiger partial charge in [0.05, 0.1) is 11.7 Å². The van der Waals surface area contributed by atoms with Crippen LogP contribution in [0.4, 0.5) is 0 Å². The third-order valence-corrected chi connectivity index (χ3v) is 3.09. The van der Waals surface area contributed by atoms with E-state index in [4.69, 9.17) is 4.74 Å². The fourth-order valence-corrected chi connectivity index (χ4v) is 1.78. The van der Waals surface area contributed by atoms with E-state index in [1.165, 1.54) is 12.4 Å². The fourth-order valence-electron chi connectivity index (χ4n) is 1.78. The number of carbonyl (C=O) groups is 1. The van der Waals surface area contributed by atoms with Crippen molar-refractivity contribution >= 4 is 5.91 Å². The van der Waals surface area contributed by atoms with Crippen molar-refractivity contribution in [2.24, 2.45) is 0 Å². The normalized spacial score (nSPS) is 11.9. The Bertz CT molecular complexity index is 568. The highest BCUT2D eigenvalue weighted by molar-refractivity contribution is 5.93. The van der Waals surface area contributed by atoms with Crippen LogP contribution in [0.1, 0.15) is 23.7 Å². The number of ether oxygens (including phenoxy) is 1. The molecule has 21 heavy (non-hydrogen) atoms. The number of pyridine rings is 1. The lowest BCUT2D eigenvalue weighted by molar-refractivity contribution is 0.0815. The molecular weight excluding hydrogens is 268 g/mol. The monoisotopic (exact) mass is 286 g/mol. The van der Waals surface area contributed by atoms with Gasteiger partial charge in [0.25, 0.3) is 5.91 Å². The van der Waals surface area contributed by atoms with Gasteiger partial charge in [0.15, 0.2) is 5.82 Å². The van der Waals surface area contributed by atoms with Gasteiger partial charge >= 0.3 is 0 Å². The molecule has 0 aliphatic rings. The Morgan fingerprint density at radius 3 is 2.62 bits per heavy atom. The van der Waals surface area contributed by atoms with Crippen molar-refractivity contribution in [1.82, 2.24) is 20.3 Å². The quantitative estimate of drug-likeness (QED) is 0.874. The Balaban J connectivity index is 2.00. The van der Waals surface area contributed by atoms with Gasteiger partial charge in [-0.15, -0.1) is 0 Å². The number of amides is 1. The molecule has 0 aliphatic heterocycles. The van der Waals surface area contributed by atoms with Crippen molar-refractivity contribution in [2.75, 3.05) is 13.7 Å². The van der Waals surface area contributed by atoms with Crippen molar-refractivity contribution in [1.29, 1.82) is 0 Å². The minimum absolute atomic E-state index is 0.0164. The molecule has 0 aromatic carbocycles. The van der Waals surface area contributed by atoms with Gasteiger partial charge in [-0.25, -0.2) is 9.97 Å². The van der Waals surface area contributed by atoms with Crippen molar-refractivity contribution in [3.8, 4) is 11.5 Å². The van der Waals surface area contributed by atoms with Crippen molar-refractivity contribution < 1.29 is 9.53 Å². The molecule has 0 saturated carbocycles. The first-order valence-electron chi connectivity index (χ1n) is 6.79. The van der Waals surface area contributed by atoms with E-state index in [1.807, 2.05) is 25.1 Å². The van der Waals surface area contributed by atoms with Gasteiger partial charge in [-0.05, 0) is 18.6 Å². The molecule has 0 fully saturated rings. The van der Waals surface area contributed by atoms with E-state index < -0.39 is 0 Å². The van der Waals surface area contributed by atoms with Crippen molar-refractivity contribution in [3.63, 3.8) is 0 Å². The summed E-state index contributed by atoms with van der Waals surface area (Å²) in [7, 11) is 1.63. The van der Waals surface area contributed by atoms with Crippen LogP contribution in [-0.4, -0.2) is 40.6 Å². The lowest BCUT2D eigenvalue weighted by Crippen LogP contribution is -2.32. The van der Waals surface area contributed by atoms with E-state index >= 15 is 0 Å². The second-order valence-electron chi connectivity index (χ2n) is 4.49. The number of nitrogens with one attached hydrogen (secondary N) is 1. The molecule has 2 rings (SSSR count). The first-order valence-corrected chi connectivity index (χ1v) is 6.79. The van der Waals surface area contributed by atoms with E-state index in [1.54, 1.807) is 13.3 Å². The van der Waals surface area contributed by atoms with Crippen molar-refractivity contribution in [2.45, 2.75) is 19.4 Å². The van der Waals surface area contributed by atoms with Crippen molar-refractivity contribution in [3.05, 3.63) is 42.4 Å². The molecule has 2 heterocycles.